The lowest BCUT2D eigenvalue weighted by atomic mass is 10.1. The third kappa shape index (κ3) is 2.95. The summed E-state index contributed by atoms with van der Waals surface area (Å²) in [5.74, 6) is 0. The first-order valence-corrected chi connectivity index (χ1v) is 6.45. The molecule has 1 aliphatic rings. The van der Waals surface area contributed by atoms with Gasteiger partial charge in [-0.25, -0.2) is 0 Å². The van der Waals surface area contributed by atoms with Gasteiger partial charge in [-0.2, -0.15) is 0 Å². The minimum Gasteiger partial charge on any atom is -0.289 e. The second kappa shape index (κ2) is 5.30. The van der Waals surface area contributed by atoms with Gasteiger partial charge in [0.25, 0.3) is 0 Å². The third-order valence-corrected chi connectivity index (χ3v) is 3.26. The number of hydrogen-bond donors (Lipinski definition) is 0. The number of benzene rings is 1. The third-order valence-electron chi connectivity index (χ3n) is 2.25. The molecule has 0 aliphatic carbocycles. The summed E-state index contributed by atoms with van der Waals surface area (Å²) >= 11 is 1.88. The highest BCUT2D eigenvalue weighted by molar-refractivity contribution is 7.99. The highest BCUT2D eigenvalue weighted by Gasteiger charge is 2.04. The largest absolute Gasteiger partial charge is 0.289 e. The quantitative estimate of drug-likeness (QED) is 0.735. The molecule has 1 aromatic carbocycles. The molecule has 16 heavy (non-hydrogen) atoms. The van der Waals surface area contributed by atoms with Gasteiger partial charge in [-0.05, 0) is 12.1 Å². The maximum absolute atomic E-state index is 4.45. The molecule has 0 spiro atoms. The smallest absolute Gasteiger partial charge is 0.0825 e. The maximum atomic E-state index is 4.45. The van der Waals surface area contributed by atoms with Crippen molar-refractivity contribution in [1.82, 2.24) is 0 Å². The van der Waals surface area contributed by atoms with E-state index in [0.29, 0.717) is 5.25 Å². The fraction of sp³-hybridized carbons (Fsp3) is 0.385. The molecule has 1 aromatic rings. The van der Waals surface area contributed by atoms with Crippen LogP contribution in [0.15, 0.2) is 39.1 Å². The van der Waals surface area contributed by atoms with Crippen molar-refractivity contribution < 1.29 is 0 Å². The van der Waals surface area contributed by atoms with Gasteiger partial charge in [0, 0.05) is 21.9 Å². The number of nitrogens with zero attached hydrogens (tertiary/aromatic N) is 2. The molecule has 0 bridgehead atoms. The molecule has 2 rings (SSSR count). The van der Waals surface area contributed by atoms with E-state index in [1.165, 1.54) is 4.90 Å². The van der Waals surface area contributed by atoms with Crippen LogP contribution in [0.2, 0.25) is 0 Å². The Morgan fingerprint density at radius 2 is 1.88 bits per heavy atom. The topological polar surface area (TPSA) is 24.7 Å². The molecule has 1 heterocycles. The molecule has 84 valence electrons. The van der Waals surface area contributed by atoms with Crippen LogP contribution in [-0.2, 0) is 0 Å². The second-order valence-electron chi connectivity index (χ2n) is 3.99. The molecule has 2 nitrogen and oxygen atoms in total. The summed E-state index contributed by atoms with van der Waals surface area (Å²) in [6.07, 6.45) is 1.87. The van der Waals surface area contributed by atoms with Crippen molar-refractivity contribution >= 4 is 23.7 Å². The Morgan fingerprint density at radius 3 is 2.44 bits per heavy atom. The van der Waals surface area contributed by atoms with Crippen molar-refractivity contribution in [2.45, 2.75) is 24.0 Å². The lowest BCUT2D eigenvalue weighted by Gasteiger charge is -2.08. The van der Waals surface area contributed by atoms with Crippen molar-refractivity contribution in [1.29, 1.82) is 0 Å². The Hall–Kier alpha value is -1.09. The zero-order chi connectivity index (χ0) is 11.4. The average molecular weight is 232 g/mol. The number of aliphatic imine (C=N–C) groups is 2. The van der Waals surface area contributed by atoms with Gasteiger partial charge in [0.1, 0.15) is 0 Å². The van der Waals surface area contributed by atoms with E-state index in [9.17, 15) is 0 Å². The minimum atomic E-state index is 0.624. The van der Waals surface area contributed by atoms with Crippen LogP contribution in [0, 0.1) is 0 Å². The van der Waals surface area contributed by atoms with Crippen molar-refractivity contribution in [3.63, 3.8) is 0 Å². The molecule has 0 amide bonds. The first kappa shape index (κ1) is 11.4. The fourth-order valence-electron chi connectivity index (χ4n) is 1.56. The van der Waals surface area contributed by atoms with Crippen LogP contribution >= 0.6 is 11.8 Å². The van der Waals surface area contributed by atoms with E-state index in [1.54, 1.807) is 0 Å². The van der Waals surface area contributed by atoms with Crippen molar-refractivity contribution in [2.24, 2.45) is 9.98 Å². The van der Waals surface area contributed by atoms with Gasteiger partial charge < -0.3 is 0 Å². The summed E-state index contributed by atoms with van der Waals surface area (Å²) in [7, 11) is 0. The SMILES string of the molecule is CC(C)Sc1ccc(C2=NCCN=C2)cc1. The lowest BCUT2D eigenvalue weighted by molar-refractivity contribution is 0.970. The first-order valence-electron chi connectivity index (χ1n) is 5.57. The van der Waals surface area contributed by atoms with Gasteiger partial charge in [-0.15, -0.1) is 11.8 Å². The van der Waals surface area contributed by atoms with E-state index in [0.717, 1.165) is 24.4 Å². The summed E-state index contributed by atoms with van der Waals surface area (Å²) in [5, 5.41) is 0.624. The van der Waals surface area contributed by atoms with E-state index in [1.807, 2.05) is 18.0 Å². The number of thioether (sulfide) groups is 1. The molecule has 0 saturated carbocycles. The van der Waals surface area contributed by atoms with Crippen molar-refractivity contribution in [3.8, 4) is 0 Å². The highest BCUT2D eigenvalue weighted by Crippen LogP contribution is 2.23. The predicted molar refractivity (Wildman–Crippen MR) is 72.2 cm³/mol. The standard InChI is InChI=1S/C13H16N2S/c1-10(2)16-12-5-3-11(4-6-12)13-9-14-7-8-15-13/h3-6,9-10H,7-8H2,1-2H3. The Kier molecular flexibility index (Phi) is 3.78. The molecule has 0 fully saturated rings. The number of hydrogen-bond acceptors (Lipinski definition) is 3. The van der Waals surface area contributed by atoms with Crippen LogP contribution < -0.4 is 0 Å². The molecule has 1 aliphatic heterocycles. The van der Waals surface area contributed by atoms with Gasteiger partial charge in [-0.3, -0.25) is 9.98 Å². The molecule has 0 radical (unpaired) electrons. The Labute approximate surface area is 101 Å². The molecular weight excluding hydrogens is 216 g/mol. The highest BCUT2D eigenvalue weighted by atomic mass is 32.2. The van der Waals surface area contributed by atoms with Crippen LogP contribution in [0.4, 0.5) is 0 Å². The second-order valence-corrected chi connectivity index (χ2v) is 5.64. The average Bonchev–Trinajstić information content (AvgIpc) is 2.30. The first-order chi connectivity index (χ1) is 7.75. The van der Waals surface area contributed by atoms with E-state index < -0.39 is 0 Å². The summed E-state index contributed by atoms with van der Waals surface area (Å²) in [5.41, 5.74) is 2.17. The molecule has 0 unspecified atom stereocenters. The molecule has 0 atom stereocenters. The number of rotatable bonds is 3. The molecule has 0 N–H and O–H groups in total. The normalized spacial score (nSPS) is 15.3. The Balaban J connectivity index is 2.13. The summed E-state index contributed by atoms with van der Waals surface area (Å²) in [6, 6.07) is 8.57. The van der Waals surface area contributed by atoms with Crippen LogP contribution in [0.5, 0.6) is 0 Å². The summed E-state index contributed by atoms with van der Waals surface area (Å²) in [6.45, 7) is 6.05. The monoisotopic (exact) mass is 232 g/mol. The van der Waals surface area contributed by atoms with Crippen LogP contribution in [0.3, 0.4) is 0 Å². The maximum Gasteiger partial charge on any atom is 0.0825 e. The molecule has 0 aromatic heterocycles. The summed E-state index contributed by atoms with van der Waals surface area (Å²) < 4.78 is 0. The van der Waals surface area contributed by atoms with Crippen LogP contribution in [0.25, 0.3) is 0 Å². The van der Waals surface area contributed by atoms with Gasteiger partial charge in [0.15, 0.2) is 0 Å². The van der Waals surface area contributed by atoms with Crippen molar-refractivity contribution in [3.05, 3.63) is 29.8 Å². The van der Waals surface area contributed by atoms with Crippen molar-refractivity contribution in [2.75, 3.05) is 13.1 Å². The van der Waals surface area contributed by atoms with E-state index >= 15 is 0 Å². The Morgan fingerprint density at radius 1 is 1.12 bits per heavy atom. The minimum absolute atomic E-state index is 0.624. The van der Waals surface area contributed by atoms with Gasteiger partial charge in [0.2, 0.25) is 0 Å². The van der Waals surface area contributed by atoms with Crippen LogP contribution in [0.1, 0.15) is 19.4 Å². The van der Waals surface area contributed by atoms with Gasteiger partial charge in [0.05, 0.1) is 18.8 Å². The molecule has 3 heteroatoms. The zero-order valence-corrected chi connectivity index (χ0v) is 10.5. The fourth-order valence-corrected chi connectivity index (χ4v) is 2.40. The zero-order valence-electron chi connectivity index (χ0n) is 9.68. The molecular formula is C13H16N2S. The Bertz CT molecular complexity index is 404. The molecule has 0 saturated heterocycles. The lowest BCUT2D eigenvalue weighted by Crippen LogP contribution is -2.09. The van der Waals surface area contributed by atoms with E-state index in [4.69, 9.17) is 0 Å². The van der Waals surface area contributed by atoms with Gasteiger partial charge >= 0.3 is 0 Å². The van der Waals surface area contributed by atoms with E-state index in [-0.39, 0.29) is 0 Å². The van der Waals surface area contributed by atoms with E-state index in [2.05, 4.69) is 48.1 Å². The van der Waals surface area contributed by atoms with Crippen LogP contribution in [-0.4, -0.2) is 30.3 Å². The van der Waals surface area contributed by atoms with Gasteiger partial charge in [-0.1, -0.05) is 26.0 Å². The summed E-state index contributed by atoms with van der Waals surface area (Å²) in [4.78, 5) is 10.0. The predicted octanol–water partition coefficient (Wildman–Crippen LogP) is 3.06.